The van der Waals surface area contributed by atoms with Gasteiger partial charge in [0.25, 0.3) is 20.0 Å². The minimum absolute atomic E-state index is 0.0250. The Balaban J connectivity index is 1.55. The number of hydrogen-bond acceptors (Lipinski definition) is 5. The first kappa shape index (κ1) is 30.8. The maximum Gasteiger partial charge on any atom is 0.264 e. The first-order valence-electron chi connectivity index (χ1n) is 13.5. The van der Waals surface area contributed by atoms with Gasteiger partial charge in [0.1, 0.15) is 6.54 Å². The zero-order valence-corrected chi connectivity index (χ0v) is 25.9. The number of nitrogens with one attached hydrogen (secondary N) is 2. The zero-order valence-electron chi connectivity index (χ0n) is 24.2. The highest BCUT2D eigenvalue weighted by atomic mass is 32.2. The second-order valence-electron chi connectivity index (χ2n) is 10.5. The van der Waals surface area contributed by atoms with Crippen molar-refractivity contribution in [1.82, 2.24) is 0 Å². The quantitative estimate of drug-likeness (QED) is 0.218. The van der Waals surface area contributed by atoms with Crippen molar-refractivity contribution in [3.05, 3.63) is 113 Å². The largest absolute Gasteiger partial charge is 0.325 e. The molecule has 0 saturated carbocycles. The fourth-order valence-corrected chi connectivity index (χ4v) is 7.02. The number of benzene rings is 4. The number of sulfonamides is 2. The third-order valence-electron chi connectivity index (χ3n) is 6.91. The number of rotatable bonds is 10. The van der Waals surface area contributed by atoms with E-state index in [1.54, 1.807) is 24.3 Å². The Morgan fingerprint density at radius 1 is 0.738 bits per heavy atom. The SMILES string of the molecule is Cc1ccc(S(=O)(=O)N(CC(=O)Nc2ccc(S(=O)(=O)Nc3c(C)cccc3C)cc2)c2ccc(C(C)C)cc2)cc1. The molecule has 0 aliphatic rings. The first-order chi connectivity index (χ1) is 19.8. The van der Waals surface area contributed by atoms with Crippen molar-refractivity contribution in [2.75, 3.05) is 20.9 Å². The van der Waals surface area contributed by atoms with Crippen LogP contribution in [0.5, 0.6) is 0 Å². The predicted molar refractivity (Wildman–Crippen MR) is 168 cm³/mol. The van der Waals surface area contributed by atoms with Crippen LogP contribution >= 0.6 is 0 Å². The van der Waals surface area contributed by atoms with Gasteiger partial charge in [-0.1, -0.05) is 61.9 Å². The maximum absolute atomic E-state index is 13.7. The highest BCUT2D eigenvalue weighted by Crippen LogP contribution is 2.27. The fourth-order valence-electron chi connectivity index (χ4n) is 4.40. The molecule has 0 atom stereocenters. The highest BCUT2D eigenvalue weighted by Gasteiger charge is 2.27. The molecule has 0 bridgehead atoms. The first-order valence-corrected chi connectivity index (χ1v) is 16.4. The summed E-state index contributed by atoms with van der Waals surface area (Å²) in [4.78, 5) is 13.2. The van der Waals surface area contributed by atoms with E-state index in [9.17, 15) is 21.6 Å². The smallest absolute Gasteiger partial charge is 0.264 e. The van der Waals surface area contributed by atoms with Crippen LogP contribution in [0.25, 0.3) is 0 Å². The van der Waals surface area contributed by atoms with Crippen LogP contribution in [0.3, 0.4) is 0 Å². The number of anilines is 3. The van der Waals surface area contributed by atoms with Gasteiger partial charge in [-0.2, -0.15) is 0 Å². The summed E-state index contributed by atoms with van der Waals surface area (Å²) in [5, 5.41) is 2.69. The van der Waals surface area contributed by atoms with E-state index < -0.39 is 32.5 Å². The lowest BCUT2D eigenvalue weighted by atomic mass is 10.0. The van der Waals surface area contributed by atoms with Gasteiger partial charge in [0.15, 0.2) is 0 Å². The Labute approximate surface area is 248 Å². The van der Waals surface area contributed by atoms with Gasteiger partial charge in [-0.05, 0) is 91.9 Å². The average molecular weight is 606 g/mol. The van der Waals surface area contributed by atoms with E-state index in [0.29, 0.717) is 17.1 Å². The van der Waals surface area contributed by atoms with Crippen molar-refractivity contribution in [3.63, 3.8) is 0 Å². The van der Waals surface area contributed by atoms with Crippen molar-refractivity contribution < 1.29 is 21.6 Å². The van der Waals surface area contributed by atoms with E-state index in [0.717, 1.165) is 26.6 Å². The van der Waals surface area contributed by atoms with E-state index in [2.05, 4.69) is 10.0 Å². The second kappa shape index (κ2) is 12.4. The zero-order chi connectivity index (χ0) is 30.7. The summed E-state index contributed by atoms with van der Waals surface area (Å²) in [7, 11) is -7.94. The molecule has 0 radical (unpaired) electrons. The van der Waals surface area contributed by atoms with Crippen LogP contribution in [0.2, 0.25) is 0 Å². The number of para-hydroxylation sites is 1. The summed E-state index contributed by atoms with van der Waals surface area (Å²) in [6, 6.07) is 24.7. The lowest BCUT2D eigenvalue weighted by molar-refractivity contribution is -0.114. The molecule has 0 heterocycles. The normalized spacial score (nSPS) is 11.8. The third kappa shape index (κ3) is 7.00. The van der Waals surface area contributed by atoms with Gasteiger partial charge >= 0.3 is 0 Å². The fraction of sp³-hybridized carbons (Fsp3) is 0.219. The molecule has 0 unspecified atom stereocenters. The monoisotopic (exact) mass is 605 g/mol. The highest BCUT2D eigenvalue weighted by molar-refractivity contribution is 7.93. The third-order valence-corrected chi connectivity index (χ3v) is 10.1. The Bertz CT molecular complexity index is 1760. The molecule has 4 rings (SSSR count). The van der Waals surface area contributed by atoms with Gasteiger partial charge in [0, 0.05) is 5.69 Å². The summed E-state index contributed by atoms with van der Waals surface area (Å²) >= 11 is 0. The molecule has 0 saturated heterocycles. The van der Waals surface area contributed by atoms with E-state index in [4.69, 9.17) is 0 Å². The topological polar surface area (TPSA) is 113 Å². The van der Waals surface area contributed by atoms with Crippen LogP contribution in [-0.4, -0.2) is 29.3 Å². The van der Waals surface area contributed by atoms with E-state index in [1.165, 1.54) is 36.4 Å². The number of nitrogens with zero attached hydrogens (tertiary/aromatic N) is 1. The molecule has 42 heavy (non-hydrogen) atoms. The number of carbonyl (C=O) groups is 1. The lowest BCUT2D eigenvalue weighted by Crippen LogP contribution is -2.38. The van der Waals surface area contributed by atoms with Gasteiger partial charge in [-0.3, -0.25) is 13.8 Å². The summed E-state index contributed by atoms with van der Waals surface area (Å²) in [6.45, 7) is 9.11. The predicted octanol–water partition coefficient (Wildman–Crippen LogP) is 6.37. The molecule has 0 fully saturated rings. The number of hydrogen-bond donors (Lipinski definition) is 2. The molecule has 10 heteroatoms. The molecule has 220 valence electrons. The Morgan fingerprint density at radius 3 is 1.83 bits per heavy atom. The average Bonchev–Trinajstić information content (AvgIpc) is 2.94. The minimum atomic E-state index is -4.07. The van der Waals surface area contributed by atoms with Crippen molar-refractivity contribution in [1.29, 1.82) is 0 Å². The van der Waals surface area contributed by atoms with Crippen LogP contribution in [0.1, 0.15) is 42.0 Å². The van der Waals surface area contributed by atoms with Gasteiger partial charge in [0.2, 0.25) is 5.91 Å². The minimum Gasteiger partial charge on any atom is -0.325 e. The van der Waals surface area contributed by atoms with Gasteiger partial charge in [-0.15, -0.1) is 0 Å². The molecule has 8 nitrogen and oxygen atoms in total. The number of aryl methyl sites for hydroxylation is 3. The Hall–Kier alpha value is -4.15. The van der Waals surface area contributed by atoms with Gasteiger partial charge in [-0.25, -0.2) is 16.8 Å². The number of amides is 1. The van der Waals surface area contributed by atoms with Crippen LogP contribution in [0.4, 0.5) is 17.1 Å². The Morgan fingerprint density at radius 2 is 1.29 bits per heavy atom. The summed E-state index contributed by atoms with van der Waals surface area (Å²) in [6.07, 6.45) is 0. The molecular weight excluding hydrogens is 571 g/mol. The van der Waals surface area contributed by atoms with Crippen molar-refractivity contribution in [2.45, 2.75) is 50.3 Å². The molecule has 2 N–H and O–H groups in total. The van der Waals surface area contributed by atoms with Gasteiger partial charge in [0.05, 0.1) is 21.2 Å². The summed E-state index contributed by atoms with van der Waals surface area (Å²) in [5.74, 6) is -0.324. The molecule has 4 aromatic rings. The van der Waals surface area contributed by atoms with Crippen LogP contribution < -0.4 is 14.3 Å². The van der Waals surface area contributed by atoms with Crippen molar-refractivity contribution >= 4 is 43.0 Å². The number of carbonyl (C=O) groups excluding carboxylic acids is 1. The molecule has 1 amide bonds. The molecular formula is C32H35N3O5S2. The van der Waals surface area contributed by atoms with E-state index >= 15 is 0 Å². The van der Waals surface area contributed by atoms with Crippen molar-refractivity contribution in [3.8, 4) is 0 Å². The van der Waals surface area contributed by atoms with Crippen molar-refractivity contribution in [2.24, 2.45) is 0 Å². The molecule has 4 aromatic carbocycles. The molecule has 0 aromatic heterocycles. The Kier molecular flexibility index (Phi) is 9.08. The van der Waals surface area contributed by atoms with Gasteiger partial charge < -0.3 is 5.32 Å². The second-order valence-corrected chi connectivity index (χ2v) is 14.1. The molecule has 0 aliphatic carbocycles. The summed E-state index contributed by atoms with van der Waals surface area (Å²) in [5.41, 5.74) is 4.75. The van der Waals surface area contributed by atoms with Crippen LogP contribution in [0, 0.1) is 20.8 Å². The summed E-state index contributed by atoms with van der Waals surface area (Å²) < 4.78 is 57.1. The standard InChI is InChI=1S/C32H35N3O5S2/c1-22(2)26-11-15-28(16-12-26)35(42(39,40)30-17-9-23(3)10-18-30)21-31(36)33-27-13-19-29(20-14-27)41(37,38)34-32-24(4)7-6-8-25(32)5/h6-20,22,34H,21H2,1-5H3,(H,33,36). The van der Waals surface area contributed by atoms with E-state index in [-0.39, 0.29) is 15.7 Å². The maximum atomic E-state index is 13.7. The van der Waals surface area contributed by atoms with E-state index in [1.807, 2.05) is 65.0 Å². The molecule has 0 aliphatic heterocycles. The lowest BCUT2D eigenvalue weighted by Gasteiger charge is -2.24. The van der Waals surface area contributed by atoms with Crippen LogP contribution in [-0.2, 0) is 24.8 Å². The molecule has 0 spiro atoms. The van der Waals surface area contributed by atoms with Crippen LogP contribution in [0.15, 0.2) is 101 Å².